The summed E-state index contributed by atoms with van der Waals surface area (Å²) >= 11 is 0. The quantitative estimate of drug-likeness (QED) is 0.519. The van der Waals surface area contributed by atoms with Gasteiger partial charge in [0.15, 0.2) is 11.5 Å². The van der Waals surface area contributed by atoms with Crippen LogP contribution in [-0.2, 0) is 16.0 Å². The summed E-state index contributed by atoms with van der Waals surface area (Å²) < 4.78 is 4.51. The van der Waals surface area contributed by atoms with Crippen LogP contribution in [-0.4, -0.2) is 24.5 Å². The second kappa shape index (κ2) is 5.64. The number of carbonyl (C=O) groups is 2. The highest BCUT2D eigenvalue weighted by Crippen LogP contribution is 2.26. The van der Waals surface area contributed by atoms with Crippen molar-refractivity contribution in [1.82, 2.24) is 5.32 Å². The number of aromatic hydroxyl groups is 1. The van der Waals surface area contributed by atoms with Gasteiger partial charge in [0, 0.05) is 6.54 Å². The van der Waals surface area contributed by atoms with Crippen LogP contribution in [0.3, 0.4) is 0 Å². The fourth-order valence-electron chi connectivity index (χ4n) is 1.15. The number of benzene rings is 1. The Morgan fingerprint density at radius 1 is 1.40 bits per heavy atom. The Bertz CT molecular complexity index is 351. The van der Waals surface area contributed by atoms with Gasteiger partial charge >= 0.3 is 0 Å². The molecule has 0 aliphatic rings. The minimum atomic E-state index is -0.0919. The molecule has 80 valence electrons. The molecule has 0 aliphatic heterocycles. The second-order valence-corrected chi connectivity index (χ2v) is 2.84. The van der Waals surface area contributed by atoms with Crippen LogP contribution in [0.15, 0.2) is 18.2 Å². The zero-order valence-corrected chi connectivity index (χ0v) is 7.97. The third kappa shape index (κ3) is 3.30. The Labute approximate surface area is 86.7 Å². The molecule has 0 saturated heterocycles. The molecule has 1 aromatic rings. The summed E-state index contributed by atoms with van der Waals surface area (Å²) in [7, 11) is 0. The van der Waals surface area contributed by atoms with Gasteiger partial charge in [-0.1, -0.05) is 6.07 Å². The molecule has 5 nitrogen and oxygen atoms in total. The number of ether oxygens (including phenoxy) is 1. The number of phenols is 1. The van der Waals surface area contributed by atoms with Gasteiger partial charge in [0.2, 0.25) is 6.41 Å². The Morgan fingerprint density at radius 3 is 2.80 bits per heavy atom. The molecule has 5 heteroatoms. The van der Waals surface area contributed by atoms with Gasteiger partial charge in [-0.15, -0.1) is 0 Å². The summed E-state index contributed by atoms with van der Waals surface area (Å²) in [6.45, 7) is 0.750. The van der Waals surface area contributed by atoms with Crippen LogP contribution < -0.4 is 10.1 Å². The fourth-order valence-corrected chi connectivity index (χ4v) is 1.15. The van der Waals surface area contributed by atoms with Crippen molar-refractivity contribution in [3.63, 3.8) is 0 Å². The number of phenolic OH excluding ortho intramolecular Hbond substituents is 1. The Morgan fingerprint density at radius 2 is 2.20 bits per heavy atom. The summed E-state index contributed by atoms with van der Waals surface area (Å²) in [6, 6.07) is 4.70. The van der Waals surface area contributed by atoms with Crippen LogP contribution in [0, 0.1) is 0 Å². The SMILES string of the molecule is O=CNCCc1ccc(OC=O)c(O)c1. The van der Waals surface area contributed by atoms with E-state index < -0.39 is 0 Å². The standard InChI is InChI=1S/C10H11NO4/c12-6-11-4-3-8-1-2-10(15-7-13)9(14)5-8/h1-2,5-7,14H,3-4H2,(H,11,12). The highest BCUT2D eigenvalue weighted by Gasteiger charge is 2.03. The maximum absolute atomic E-state index is 10.0. The van der Waals surface area contributed by atoms with E-state index in [1.807, 2.05) is 0 Å². The highest BCUT2D eigenvalue weighted by atomic mass is 16.5. The summed E-state index contributed by atoms with van der Waals surface area (Å²) in [6.07, 6.45) is 1.22. The van der Waals surface area contributed by atoms with Gasteiger partial charge in [-0.25, -0.2) is 0 Å². The van der Waals surface area contributed by atoms with Crippen LogP contribution in [0.25, 0.3) is 0 Å². The lowest BCUT2D eigenvalue weighted by Gasteiger charge is -2.04. The average molecular weight is 209 g/mol. The number of rotatable bonds is 6. The molecule has 0 bridgehead atoms. The Hall–Kier alpha value is -2.04. The van der Waals surface area contributed by atoms with Crippen molar-refractivity contribution in [2.24, 2.45) is 0 Å². The van der Waals surface area contributed by atoms with E-state index in [9.17, 15) is 14.7 Å². The monoisotopic (exact) mass is 209 g/mol. The molecule has 0 heterocycles. The van der Waals surface area contributed by atoms with Crippen molar-refractivity contribution in [1.29, 1.82) is 0 Å². The molecule has 0 aromatic heterocycles. The first-order chi connectivity index (χ1) is 7.27. The highest BCUT2D eigenvalue weighted by molar-refractivity contribution is 5.51. The molecule has 2 N–H and O–H groups in total. The summed E-state index contributed by atoms with van der Waals surface area (Å²) in [5.41, 5.74) is 0.847. The van der Waals surface area contributed by atoms with Gasteiger partial charge in [0.05, 0.1) is 0 Å². The second-order valence-electron chi connectivity index (χ2n) is 2.84. The normalized spacial score (nSPS) is 9.33. The summed E-state index contributed by atoms with van der Waals surface area (Å²) in [5.74, 6) is 0.0304. The van der Waals surface area contributed by atoms with Crippen LogP contribution in [0.1, 0.15) is 5.56 Å². The van der Waals surface area contributed by atoms with Crippen molar-refractivity contribution in [2.45, 2.75) is 6.42 Å². The van der Waals surface area contributed by atoms with E-state index in [0.29, 0.717) is 19.4 Å². The molecular formula is C10H11NO4. The fraction of sp³-hybridized carbons (Fsp3) is 0.200. The van der Waals surface area contributed by atoms with Crippen LogP contribution in [0.5, 0.6) is 11.5 Å². The van der Waals surface area contributed by atoms with E-state index in [1.54, 1.807) is 6.07 Å². The van der Waals surface area contributed by atoms with Crippen molar-refractivity contribution in [3.8, 4) is 11.5 Å². The van der Waals surface area contributed by atoms with Crippen LogP contribution in [0.2, 0.25) is 0 Å². The molecule has 0 atom stereocenters. The molecule has 0 unspecified atom stereocenters. The van der Waals surface area contributed by atoms with E-state index in [2.05, 4.69) is 10.1 Å². The van der Waals surface area contributed by atoms with Gasteiger partial charge < -0.3 is 15.2 Å². The number of hydrogen-bond donors (Lipinski definition) is 2. The minimum Gasteiger partial charge on any atom is -0.504 e. The van der Waals surface area contributed by atoms with Crippen molar-refractivity contribution < 1.29 is 19.4 Å². The van der Waals surface area contributed by atoms with Gasteiger partial charge in [-0.05, 0) is 24.1 Å². The first-order valence-electron chi connectivity index (χ1n) is 4.37. The molecule has 0 aliphatic carbocycles. The molecular weight excluding hydrogens is 198 g/mol. The molecule has 1 amide bonds. The molecule has 0 saturated carbocycles. The predicted molar refractivity (Wildman–Crippen MR) is 52.6 cm³/mol. The van der Waals surface area contributed by atoms with Crippen molar-refractivity contribution in [3.05, 3.63) is 23.8 Å². The third-order valence-electron chi connectivity index (χ3n) is 1.84. The zero-order chi connectivity index (χ0) is 11.1. The average Bonchev–Trinajstić information content (AvgIpc) is 2.23. The maximum atomic E-state index is 10.0. The Balaban J connectivity index is 2.64. The zero-order valence-electron chi connectivity index (χ0n) is 7.97. The lowest BCUT2D eigenvalue weighted by molar-refractivity contribution is -0.120. The molecule has 15 heavy (non-hydrogen) atoms. The molecule has 0 radical (unpaired) electrons. The lowest BCUT2D eigenvalue weighted by Crippen LogP contribution is -2.14. The van der Waals surface area contributed by atoms with Gasteiger partial charge in [0.25, 0.3) is 6.47 Å². The molecule has 1 rings (SSSR count). The van der Waals surface area contributed by atoms with Gasteiger partial charge in [0.1, 0.15) is 0 Å². The Kier molecular flexibility index (Phi) is 4.15. The number of nitrogens with one attached hydrogen (secondary N) is 1. The molecule has 0 fully saturated rings. The first-order valence-corrected chi connectivity index (χ1v) is 4.37. The van der Waals surface area contributed by atoms with Gasteiger partial charge in [-0.3, -0.25) is 9.59 Å². The number of hydrogen-bond acceptors (Lipinski definition) is 4. The lowest BCUT2D eigenvalue weighted by atomic mass is 10.1. The molecule has 0 spiro atoms. The summed E-state index contributed by atoms with van der Waals surface area (Å²) in [5, 5.41) is 11.9. The minimum absolute atomic E-state index is 0.0919. The van der Waals surface area contributed by atoms with E-state index >= 15 is 0 Å². The van der Waals surface area contributed by atoms with Gasteiger partial charge in [-0.2, -0.15) is 0 Å². The smallest absolute Gasteiger partial charge is 0.298 e. The number of amides is 1. The molecule has 1 aromatic carbocycles. The van der Waals surface area contributed by atoms with E-state index in [1.165, 1.54) is 12.1 Å². The van der Waals surface area contributed by atoms with Crippen molar-refractivity contribution >= 4 is 12.9 Å². The summed E-state index contributed by atoms with van der Waals surface area (Å²) in [4.78, 5) is 20.0. The maximum Gasteiger partial charge on any atom is 0.298 e. The van der Waals surface area contributed by atoms with Crippen LogP contribution in [0.4, 0.5) is 0 Å². The third-order valence-corrected chi connectivity index (χ3v) is 1.84. The first kappa shape index (κ1) is 11.0. The number of carbonyl (C=O) groups excluding carboxylic acids is 2. The van der Waals surface area contributed by atoms with E-state index in [4.69, 9.17) is 0 Å². The van der Waals surface area contributed by atoms with Crippen molar-refractivity contribution in [2.75, 3.05) is 6.54 Å². The topological polar surface area (TPSA) is 75.6 Å². The van der Waals surface area contributed by atoms with E-state index in [0.717, 1.165) is 5.56 Å². The van der Waals surface area contributed by atoms with Crippen LogP contribution >= 0.6 is 0 Å². The largest absolute Gasteiger partial charge is 0.504 e. The predicted octanol–water partition coefficient (Wildman–Crippen LogP) is 0.216. The van der Waals surface area contributed by atoms with E-state index in [-0.39, 0.29) is 18.0 Å².